The molecule has 0 amide bonds. The number of hydrogen-bond acceptors (Lipinski definition) is 0. The largest absolute Gasteiger partial charge is 0.0622 e. The van der Waals surface area contributed by atoms with Crippen molar-refractivity contribution < 1.29 is 0 Å². The number of benzene rings is 9. The molecule has 0 aliphatic heterocycles. The highest BCUT2D eigenvalue weighted by Crippen LogP contribution is 2.55. The first-order valence-electron chi connectivity index (χ1n) is 18.1. The van der Waals surface area contributed by atoms with Crippen molar-refractivity contribution >= 4 is 75.4 Å². The van der Waals surface area contributed by atoms with E-state index < -0.39 is 0 Å². The minimum absolute atomic E-state index is 0.428. The van der Waals surface area contributed by atoms with Gasteiger partial charge in [-0.15, -0.1) is 0 Å². The van der Waals surface area contributed by atoms with Gasteiger partial charge in [-0.05, 0) is 126 Å². The smallest absolute Gasteiger partial charge is 0.000719 e. The Balaban J connectivity index is 1.44. The SMILES string of the molecule is CC(C)c1ccccc1-c1ccc2c3c(-c4ccccc4)c4cc5c6ccccc6c6cccc(c4c(-c4ccccc4)c3c3cccc1c23)c65. The van der Waals surface area contributed by atoms with E-state index in [4.69, 9.17) is 0 Å². The van der Waals surface area contributed by atoms with Gasteiger partial charge >= 0.3 is 0 Å². The normalized spacial score (nSPS) is 12.3. The molecule has 238 valence electrons. The molecule has 51 heavy (non-hydrogen) atoms. The summed E-state index contributed by atoms with van der Waals surface area (Å²) in [6, 6.07) is 61.5. The molecule has 0 N–H and O–H groups in total. The zero-order valence-electron chi connectivity index (χ0n) is 28.7. The quantitative estimate of drug-likeness (QED) is 0.167. The fraction of sp³-hybridized carbons (Fsp3) is 0.0588. The Labute approximate surface area is 296 Å². The van der Waals surface area contributed by atoms with E-state index in [1.165, 1.54) is 114 Å². The highest BCUT2D eigenvalue weighted by molar-refractivity contribution is 6.45. The van der Waals surface area contributed by atoms with Gasteiger partial charge in [0.15, 0.2) is 0 Å². The fourth-order valence-electron chi connectivity index (χ4n) is 9.49. The summed E-state index contributed by atoms with van der Waals surface area (Å²) in [6.07, 6.45) is 0. The van der Waals surface area contributed by atoms with Gasteiger partial charge in [0.25, 0.3) is 0 Å². The van der Waals surface area contributed by atoms with Gasteiger partial charge in [0, 0.05) is 0 Å². The summed E-state index contributed by atoms with van der Waals surface area (Å²) in [7, 11) is 0. The highest BCUT2D eigenvalue weighted by Gasteiger charge is 2.27. The van der Waals surface area contributed by atoms with Crippen molar-refractivity contribution in [2.75, 3.05) is 0 Å². The molecule has 0 heterocycles. The Kier molecular flexibility index (Phi) is 5.96. The van der Waals surface area contributed by atoms with Gasteiger partial charge in [-0.25, -0.2) is 0 Å². The third-order valence-corrected chi connectivity index (χ3v) is 11.5. The standard InChI is InChI=1S/C51H34/c1-30(2)33-19-9-10-20-34(33)37-27-28-42-47-39(37)24-14-26-41(47)51-46(32-17-7-4-8-18-32)49-40-25-13-23-38-35-21-11-12-22-36(35)43(48(38)40)29-44(49)45(50(42)51)31-15-5-3-6-16-31/h3-30H,1-2H3. The van der Waals surface area contributed by atoms with Gasteiger partial charge < -0.3 is 0 Å². The zero-order chi connectivity index (χ0) is 33.8. The average Bonchev–Trinajstić information content (AvgIpc) is 3.69. The van der Waals surface area contributed by atoms with Crippen molar-refractivity contribution in [1.82, 2.24) is 0 Å². The molecule has 11 rings (SSSR count). The molecule has 0 nitrogen and oxygen atoms in total. The monoisotopic (exact) mass is 646 g/mol. The molecular formula is C51H34. The van der Waals surface area contributed by atoms with Crippen LogP contribution >= 0.6 is 0 Å². The number of hydrogen-bond donors (Lipinski definition) is 0. The van der Waals surface area contributed by atoms with Crippen LogP contribution < -0.4 is 0 Å². The molecule has 0 spiro atoms. The molecule has 0 aliphatic carbocycles. The number of fused-ring (bicyclic) bond motifs is 8. The minimum atomic E-state index is 0.428. The van der Waals surface area contributed by atoms with Gasteiger partial charge in [0.1, 0.15) is 0 Å². The molecule has 0 atom stereocenters. The maximum absolute atomic E-state index is 2.52. The predicted molar refractivity (Wildman–Crippen MR) is 222 cm³/mol. The van der Waals surface area contributed by atoms with E-state index in [0.29, 0.717) is 5.92 Å². The van der Waals surface area contributed by atoms with Crippen molar-refractivity contribution in [2.45, 2.75) is 19.8 Å². The summed E-state index contributed by atoms with van der Waals surface area (Å²) in [5.74, 6) is 0.428. The van der Waals surface area contributed by atoms with Crippen LogP contribution in [0, 0.1) is 0 Å². The van der Waals surface area contributed by atoms with Crippen LogP contribution in [0.2, 0.25) is 0 Å². The first kappa shape index (κ1) is 28.6. The summed E-state index contributed by atoms with van der Waals surface area (Å²) in [6.45, 7) is 4.60. The second-order valence-corrected chi connectivity index (χ2v) is 14.5. The lowest BCUT2D eigenvalue weighted by molar-refractivity contribution is 0.869. The molecule has 11 aromatic rings. The molecular weight excluding hydrogens is 613 g/mol. The molecule has 0 radical (unpaired) electrons. The topological polar surface area (TPSA) is 0 Å². The third-order valence-electron chi connectivity index (χ3n) is 11.5. The van der Waals surface area contributed by atoms with E-state index in [0.717, 1.165) is 0 Å². The molecule has 11 aromatic carbocycles. The molecule has 0 aliphatic rings. The lowest BCUT2D eigenvalue weighted by atomic mass is 9.84. The Bertz CT molecular complexity index is 3130. The van der Waals surface area contributed by atoms with Crippen LogP contribution in [0.1, 0.15) is 25.3 Å². The molecule has 0 heteroatoms. The Morgan fingerprint density at radius 2 is 0.804 bits per heavy atom. The van der Waals surface area contributed by atoms with E-state index in [2.05, 4.69) is 178 Å². The Morgan fingerprint density at radius 1 is 0.294 bits per heavy atom. The lowest BCUT2D eigenvalue weighted by Gasteiger charge is -2.19. The first-order chi connectivity index (χ1) is 25.2. The fourth-order valence-corrected chi connectivity index (χ4v) is 9.49. The van der Waals surface area contributed by atoms with Crippen molar-refractivity contribution in [3.8, 4) is 33.4 Å². The number of rotatable bonds is 4. The highest BCUT2D eigenvalue weighted by atomic mass is 14.3. The predicted octanol–water partition coefficient (Wildman–Crippen LogP) is 14.8. The maximum Gasteiger partial charge on any atom is -0.000719 e. The average molecular weight is 647 g/mol. The molecule has 0 fully saturated rings. The van der Waals surface area contributed by atoms with Crippen LogP contribution in [-0.4, -0.2) is 0 Å². The molecule has 0 saturated carbocycles. The van der Waals surface area contributed by atoms with Gasteiger partial charge in [-0.2, -0.15) is 0 Å². The summed E-state index contributed by atoms with van der Waals surface area (Å²) >= 11 is 0. The van der Waals surface area contributed by atoms with E-state index in [-0.39, 0.29) is 0 Å². The van der Waals surface area contributed by atoms with E-state index in [9.17, 15) is 0 Å². The summed E-state index contributed by atoms with van der Waals surface area (Å²) in [5, 5.41) is 18.7. The lowest BCUT2D eigenvalue weighted by Crippen LogP contribution is -1.92. The van der Waals surface area contributed by atoms with E-state index >= 15 is 0 Å². The zero-order valence-corrected chi connectivity index (χ0v) is 28.7. The van der Waals surface area contributed by atoms with Crippen LogP contribution in [0.4, 0.5) is 0 Å². The van der Waals surface area contributed by atoms with E-state index in [1.807, 2.05) is 0 Å². The summed E-state index contributed by atoms with van der Waals surface area (Å²) < 4.78 is 0. The Hall–Kier alpha value is -6.24. The molecule has 0 aromatic heterocycles. The van der Waals surface area contributed by atoms with Crippen LogP contribution in [0.25, 0.3) is 109 Å². The van der Waals surface area contributed by atoms with Crippen molar-refractivity contribution in [3.63, 3.8) is 0 Å². The second kappa shape index (κ2) is 10.6. The molecule has 0 bridgehead atoms. The maximum atomic E-state index is 2.52. The molecule has 0 unspecified atom stereocenters. The van der Waals surface area contributed by atoms with Crippen LogP contribution in [0.15, 0.2) is 164 Å². The van der Waals surface area contributed by atoms with Gasteiger partial charge in [-0.1, -0.05) is 172 Å². The Morgan fingerprint density at radius 3 is 1.53 bits per heavy atom. The second-order valence-electron chi connectivity index (χ2n) is 14.5. The first-order valence-corrected chi connectivity index (χ1v) is 18.1. The van der Waals surface area contributed by atoms with Crippen LogP contribution in [0.3, 0.4) is 0 Å². The third kappa shape index (κ3) is 3.85. The van der Waals surface area contributed by atoms with Crippen molar-refractivity contribution in [2.24, 2.45) is 0 Å². The van der Waals surface area contributed by atoms with E-state index in [1.54, 1.807) is 0 Å². The minimum Gasteiger partial charge on any atom is -0.0622 e. The van der Waals surface area contributed by atoms with Crippen molar-refractivity contribution in [1.29, 1.82) is 0 Å². The van der Waals surface area contributed by atoms with Gasteiger partial charge in [-0.3, -0.25) is 0 Å². The summed E-state index contributed by atoms with van der Waals surface area (Å²) in [4.78, 5) is 0. The van der Waals surface area contributed by atoms with Crippen molar-refractivity contribution in [3.05, 3.63) is 169 Å². The van der Waals surface area contributed by atoms with Gasteiger partial charge in [0.2, 0.25) is 0 Å². The molecule has 0 saturated heterocycles. The van der Waals surface area contributed by atoms with Gasteiger partial charge in [0.05, 0.1) is 0 Å². The van der Waals surface area contributed by atoms with Crippen LogP contribution in [-0.2, 0) is 0 Å². The summed E-state index contributed by atoms with van der Waals surface area (Å²) in [5.41, 5.74) is 9.18. The van der Waals surface area contributed by atoms with Crippen LogP contribution in [0.5, 0.6) is 0 Å².